The van der Waals surface area contributed by atoms with Crippen LogP contribution in [0.1, 0.15) is 50.4 Å². The maximum Gasteiger partial charge on any atom is 0.0590 e. The highest BCUT2D eigenvalue weighted by Crippen LogP contribution is 2.56. The number of likely N-dealkylation sites (N-methyl/N-ethyl adjacent to an activating group) is 1. The van der Waals surface area contributed by atoms with Crippen molar-refractivity contribution in [3.63, 3.8) is 0 Å². The second-order valence-electron chi connectivity index (χ2n) is 5.99. The monoisotopic (exact) mass is 283 g/mol. The highest BCUT2D eigenvalue weighted by molar-refractivity contribution is 5.36. The molecule has 1 unspecified atom stereocenters. The van der Waals surface area contributed by atoms with Crippen molar-refractivity contribution in [1.29, 1.82) is 0 Å². The van der Waals surface area contributed by atoms with Crippen molar-refractivity contribution in [2.45, 2.75) is 51.1 Å². The fraction of sp³-hybridized carbons (Fsp3) is 0.500. The molecule has 0 radical (unpaired) electrons. The summed E-state index contributed by atoms with van der Waals surface area (Å²) in [6, 6.07) is 13.5. The van der Waals surface area contributed by atoms with Gasteiger partial charge in [0.05, 0.1) is 11.7 Å². The van der Waals surface area contributed by atoms with E-state index in [4.69, 9.17) is 0 Å². The lowest BCUT2D eigenvalue weighted by atomic mass is 9.86. The number of benzene rings is 1. The van der Waals surface area contributed by atoms with Gasteiger partial charge in [0.2, 0.25) is 0 Å². The van der Waals surface area contributed by atoms with E-state index in [1.807, 2.05) is 6.20 Å². The van der Waals surface area contributed by atoms with Gasteiger partial charge in [0, 0.05) is 18.2 Å². The first kappa shape index (κ1) is 14.3. The van der Waals surface area contributed by atoms with Gasteiger partial charge in [-0.15, -0.1) is 0 Å². The van der Waals surface area contributed by atoms with Gasteiger partial charge in [-0.1, -0.05) is 44.2 Å². The Morgan fingerprint density at radius 3 is 2.57 bits per heavy atom. The van der Waals surface area contributed by atoms with Crippen LogP contribution in [-0.4, -0.2) is 16.3 Å². The molecule has 1 saturated carbocycles. The maximum absolute atomic E-state index is 4.52. The highest BCUT2D eigenvalue weighted by Gasteiger charge is 2.51. The van der Waals surface area contributed by atoms with E-state index in [1.165, 1.54) is 24.1 Å². The summed E-state index contributed by atoms with van der Waals surface area (Å²) in [5.74, 6) is 0. The molecule has 1 aromatic heterocycles. The molecule has 1 aliphatic rings. The van der Waals surface area contributed by atoms with Crippen molar-refractivity contribution in [1.82, 2.24) is 15.1 Å². The first-order valence-corrected chi connectivity index (χ1v) is 8.12. The number of rotatable bonds is 7. The molecule has 1 aliphatic carbocycles. The predicted molar refractivity (Wildman–Crippen MR) is 86.3 cm³/mol. The van der Waals surface area contributed by atoms with Crippen molar-refractivity contribution >= 4 is 0 Å². The van der Waals surface area contributed by atoms with Crippen LogP contribution in [0, 0.1) is 0 Å². The maximum atomic E-state index is 4.52. The minimum atomic E-state index is 0.253. The van der Waals surface area contributed by atoms with Gasteiger partial charge in [0.1, 0.15) is 0 Å². The van der Waals surface area contributed by atoms with E-state index < -0.39 is 0 Å². The fourth-order valence-electron chi connectivity index (χ4n) is 3.42. The molecule has 1 fully saturated rings. The Balaban J connectivity index is 1.97. The summed E-state index contributed by atoms with van der Waals surface area (Å²) < 4.78 is 2.18. The Hall–Kier alpha value is -1.61. The lowest BCUT2D eigenvalue weighted by molar-refractivity contribution is 0.402. The summed E-state index contributed by atoms with van der Waals surface area (Å²) in [7, 11) is 0. The van der Waals surface area contributed by atoms with Crippen LogP contribution in [0.15, 0.2) is 42.6 Å². The van der Waals surface area contributed by atoms with E-state index in [9.17, 15) is 0 Å². The molecular weight excluding hydrogens is 258 g/mol. The standard InChI is InChI=1S/C18H25N3/c1-3-14-21-16(10-13-20-21)17(19-4-2)18(11-12-18)15-8-6-5-7-9-15/h5-10,13,17,19H,3-4,11-12,14H2,1-2H3. The minimum Gasteiger partial charge on any atom is -0.308 e. The molecule has 3 rings (SSSR count). The first-order valence-electron chi connectivity index (χ1n) is 8.12. The lowest BCUT2D eigenvalue weighted by Gasteiger charge is -2.29. The molecule has 3 heteroatoms. The van der Waals surface area contributed by atoms with Gasteiger partial charge in [0.15, 0.2) is 0 Å². The fourth-order valence-corrected chi connectivity index (χ4v) is 3.42. The molecule has 0 spiro atoms. The molecule has 1 aromatic carbocycles. The second kappa shape index (κ2) is 6.02. The summed E-state index contributed by atoms with van der Waals surface area (Å²) >= 11 is 0. The topological polar surface area (TPSA) is 29.9 Å². The Morgan fingerprint density at radius 2 is 1.95 bits per heavy atom. The lowest BCUT2D eigenvalue weighted by Crippen LogP contribution is -2.34. The largest absolute Gasteiger partial charge is 0.308 e. The van der Waals surface area contributed by atoms with Crippen LogP contribution in [0.2, 0.25) is 0 Å². The number of nitrogens with one attached hydrogen (secondary N) is 1. The summed E-state index contributed by atoms with van der Waals surface area (Å²) in [6.45, 7) is 6.37. The van der Waals surface area contributed by atoms with Crippen LogP contribution in [-0.2, 0) is 12.0 Å². The average molecular weight is 283 g/mol. The van der Waals surface area contributed by atoms with Crippen molar-refractivity contribution in [3.8, 4) is 0 Å². The SMILES string of the molecule is CCCn1nccc1C(NCC)C1(c2ccccc2)CC1. The van der Waals surface area contributed by atoms with E-state index in [0.29, 0.717) is 6.04 Å². The van der Waals surface area contributed by atoms with Gasteiger partial charge in [-0.25, -0.2) is 0 Å². The predicted octanol–water partition coefficient (Wildman–Crippen LogP) is 3.68. The minimum absolute atomic E-state index is 0.253. The van der Waals surface area contributed by atoms with Crippen molar-refractivity contribution in [2.24, 2.45) is 0 Å². The van der Waals surface area contributed by atoms with Crippen LogP contribution in [0.3, 0.4) is 0 Å². The summed E-state index contributed by atoms with van der Waals surface area (Å²) in [4.78, 5) is 0. The van der Waals surface area contributed by atoms with E-state index >= 15 is 0 Å². The zero-order chi connectivity index (χ0) is 14.7. The van der Waals surface area contributed by atoms with E-state index in [1.54, 1.807) is 0 Å². The van der Waals surface area contributed by atoms with Gasteiger partial charge in [-0.2, -0.15) is 5.10 Å². The average Bonchev–Trinajstić information content (AvgIpc) is 3.20. The Bertz CT molecular complexity index is 569. The second-order valence-corrected chi connectivity index (χ2v) is 5.99. The van der Waals surface area contributed by atoms with Gasteiger partial charge in [-0.05, 0) is 37.4 Å². The van der Waals surface area contributed by atoms with Gasteiger partial charge < -0.3 is 5.32 Å². The van der Waals surface area contributed by atoms with Gasteiger partial charge in [-0.3, -0.25) is 4.68 Å². The first-order chi connectivity index (χ1) is 10.3. The Morgan fingerprint density at radius 1 is 1.19 bits per heavy atom. The van der Waals surface area contributed by atoms with Crippen LogP contribution in [0.4, 0.5) is 0 Å². The number of aryl methyl sites for hydroxylation is 1. The molecule has 1 atom stereocenters. The van der Waals surface area contributed by atoms with E-state index in [-0.39, 0.29) is 5.41 Å². The summed E-state index contributed by atoms with van der Waals surface area (Å²) in [5.41, 5.74) is 3.04. The third-order valence-corrected chi connectivity index (χ3v) is 4.58. The molecular formula is C18H25N3. The molecule has 112 valence electrons. The van der Waals surface area contributed by atoms with Crippen LogP contribution < -0.4 is 5.32 Å². The van der Waals surface area contributed by atoms with Gasteiger partial charge >= 0.3 is 0 Å². The zero-order valence-corrected chi connectivity index (χ0v) is 13.0. The molecule has 0 aliphatic heterocycles. The summed E-state index contributed by atoms with van der Waals surface area (Å²) in [5, 5.41) is 8.24. The zero-order valence-electron chi connectivity index (χ0n) is 13.0. The van der Waals surface area contributed by atoms with Crippen molar-refractivity contribution in [3.05, 3.63) is 53.9 Å². The number of aromatic nitrogens is 2. The van der Waals surface area contributed by atoms with Crippen LogP contribution in [0.25, 0.3) is 0 Å². The van der Waals surface area contributed by atoms with E-state index in [2.05, 4.69) is 65.3 Å². The highest BCUT2D eigenvalue weighted by atomic mass is 15.3. The van der Waals surface area contributed by atoms with Gasteiger partial charge in [0.25, 0.3) is 0 Å². The summed E-state index contributed by atoms with van der Waals surface area (Å²) in [6.07, 6.45) is 5.57. The Kier molecular flexibility index (Phi) is 4.11. The normalized spacial score (nSPS) is 17.6. The number of hydrogen-bond donors (Lipinski definition) is 1. The molecule has 21 heavy (non-hydrogen) atoms. The molecule has 2 aromatic rings. The number of nitrogens with zero attached hydrogens (tertiary/aromatic N) is 2. The Labute approximate surface area is 127 Å². The van der Waals surface area contributed by atoms with Crippen molar-refractivity contribution in [2.75, 3.05) is 6.54 Å². The van der Waals surface area contributed by atoms with Crippen LogP contribution >= 0.6 is 0 Å². The van der Waals surface area contributed by atoms with E-state index in [0.717, 1.165) is 19.5 Å². The smallest absolute Gasteiger partial charge is 0.0590 e. The molecule has 1 heterocycles. The molecule has 0 saturated heterocycles. The molecule has 0 bridgehead atoms. The molecule has 1 N–H and O–H groups in total. The third kappa shape index (κ3) is 2.62. The number of hydrogen-bond acceptors (Lipinski definition) is 2. The van der Waals surface area contributed by atoms with Crippen LogP contribution in [0.5, 0.6) is 0 Å². The molecule has 0 amide bonds. The molecule has 3 nitrogen and oxygen atoms in total. The van der Waals surface area contributed by atoms with Crippen molar-refractivity contribution < 1.29 is 0 Å². The quantitative estimate of drug-likeness (QED) is 0.840. The third-order valence-electron chi connectivity index (χ3n) is 4.58.